The summed E-state index contributed by atoms with van der Waals surface area (Å²) in [6, 6.07) is 13.9. The van der Waals surface area contributed by atoms with E-state index in [9.17, 15) is 0 Å². The van der Waals surface area contributed by atoms with E-state index >= 15 is 0 Å². The Balaban J connectivity index is 1.57. The zero-order valence-electron chi connectivity index (χ0n) is 19.4. The van der Waals surface area contributed by atoms with Crippen LogP contribution in [-0.4, -0.2) is 81.1 Å². The maximum Gasteiger partial charge on any atom is 0.231 e. The van der Waals surface area contributed by atoms with Gasteiger partial charge in [0, 0.05) is 18.8 Å². The van der Waals surface area contributed by atoms with E-state index in [0.29, 0.717) is 57.9 Å². The average molecular weight is 489 g/mol. The molecule has 2 aromatic carbocycles. The molecule has 0 saturated carbocycles. The number of benzene rings is 2. The van der Waals surface area contributed by atoms with Gasteiger partial charge < -0.3 is 29.3 Å². The Morgan fingerprint density at radius 3 is 2.12 bits per heavy atom. The largest absolute Gasteiger partial charge is 0.394 e. The fourth-order valence-corrected chi connectivity index (χ4v) is 4.09. The van der Waals surface area contributed by atoms with E-state index in [1.165, 1.54) is 11.3 Å². The molecule has 0 spiro atoms. The number of nitrogens with zero attached hydrogens (tertiary/aromatic N) is 4. The van der Waals surface area contributed by atoms with Crippen molar-refractivity contribution in [3.05, 3.63) is 48.0 Å². The number of azo groups is 1. The highest BCUT2D eigenvalue weighted by Gasteiger charge is 2.08. The topological polar surface area (TPSA) is 109 Å². The van der Waals surface area contributed by atoms with Crippen molar-refractivity contribution in [3.63, 3.8) is 0 Å². The summed E-state index contributed by atoms with van der Waals surface area (Å²) in [7, 11) is 0. The quantitative estimate of drug-likeness (QED) is 0.233. The molecule has 9 nitrogen and oxygen atoms in total. The summed E-state index contributed by atoms with van der Waals surface area (Å²) in [6.45, 7) is 5.98. The Kier molecular flexibility index (Phi) is 11.3. The highest BCUT2D eigenvalue weighted by atomic mass is 32.1. The SMILES string of the molecule is Cc1cccc2sc(N=Nc3ccc(N(CCOCCO)CCOCCOCCO)cc3)nc12. The van der Waals surface area contributed by atoms with Gasteiger partial charge in [-0.2, -0.15) is 0 Å². The van der Waals surface area contributed by atoms with Crippen LogP contribution in [0.25, 0.3) is 10.2 Å². The van der Waals surface area contributed by atoms with Crippen molar-refractivity contribution in [3.8, 4) is 0 Å². The first kappa shape index (κ1) is 26.1. The normalized spacial score (nSPS) is 11.6. The molecule has 34 heavy (non-hydrogen) atoms. The number of anilines is 1. The summed E-state index contributed by atoms with van der Waals surface area (Å²) >= 11 is 1.52. The lowest BCUT2D eigenvalue weighted by atomic mass is 10.2. The van der Waals surface area contributed by atoms with Crippen LogP contribution in [0.15, 0.2) is 52.7 Å². The van der Waals surface area contributed by atoms with Gasteiger partial charge in [0.15, 0.2) is 0 Å². The number of para-hydroxylation sites is 1. The predicted molar refractivity (Wildman–Crippen MR) is 134 cm³/mol. The molecule has 0 unspecified atom stereocenters. The van der Waals surface area contributed by atoms with Gasteiger partial charge in [-0.25, -0.2) is 4.98 Å². The van der Waals surface area contributed by atoms with Gasteiger partial charge in [0.05, 0.1) is 68.8 Å². The third kappa shape index (κ3) is 8.39. The predicted octanol–water partition coefficient (Wildman–Crippen LogP) is 3.86. The first-order valence-corrected chi connectivity index (χ1v) is 12.1. The third-order valence-electron chi connectivity index (χ3n) is 4.93. The Labute approximate surface area is 203 Å². The van der Waals surface area contributed by atoms with E-state index < -0.39 is 0 Å². The standard InChI is InChI=1S/C24H32N4O5S/c1-19-3-2-4-22-23(19)25-24(34-22)27-26-20-5-7-21(8-6-20)28(9-13-31-15-11-29)10-14-32-17-18-33-16-12-30/h2-8,29-30H,9-18H2,1H3. The lowest BCUT2D eigenvalue weighted by Gasteiger charge is -2.25. The minimum atomic E-state index is 0.00484. The van der Waals surface area contributed by atoms with E-state index in [4.69, 9.17) is 24.4 Å². The molecule has 2 N–H and O–H groups in total. The van der Waals surface area contributed by atoms with Gasteiger partial charge in [-0.1, -0.05) is 23.5 Å². The number of hydrogen-bond acceptors (Lipinski definition) is 10. The van der Waals surface area contributed by atoms with Crippen molar-refractivity contribution in [1.29, 1.82) is 0 Å². The van der Waals surface area contributed by atoms with Crippen LogP contribution in [0.2, 0.25) is 0 Å². The summed E-state index contributed by atoms with van der Waals surface area (Å²) in [6.07, 6.45) is 0. The first-order chi connectivity index (χ1) is 16.7. The smallest absolute Gasteiger partial charge is 0.231 e. The molecule has 10 heteroatoms. The molecule has 0 amide bonds. The van der Waals surface area contributed by atoms with Crippen LogP contribution in [0.4, 0.5) is 16.5 Å². The fourth-order valence-electron chi connectivity index (χ4n) is 3.22. The van der Waals surface area contributed by atoms with Gasteiger partial charge in [0.1, 0.15) is 0 Å². The van der Waals surface area contributed by atoms with Gasteiger partial charge in [0.25, 0.3) is 0 Å². The molecular weight excluding hydrogens is 456 g/mol. The molecule has 3 aromatic rings. The second-order valence-electron chi connectivity index (χ2n) is 7.41. The molecule has 0 saturated heterocycles. The number of aliphatic hydroxyl groups excluding tert-OH is 2. The summed E-state index contributed by atoms with van der Waals surface area (Å²) in [5.74, 6) is 0. The molecule has 0 aliphatic heterocycles. The van der Waals surface area contributed by atoms with Crippen molar-refractivity contribution in [1.82, 2.24) is 4.98 Å². The van der Waals surface area contributed by atoms with Gasteiger partial charge in [-0.15, -0.1) is 10.2 Å². The van der Waals surface area contributed by atoms with E-state index in [-0.39, 0.29) is 13.2 Å². The highest BCUT2D eigenvalue weighted by Crippen LogP contribution is 2.31. The number of thiazole rings is 1. The number of hydrogen-bond donors (Lipinski definition) is 2. The van der Waals surface area contributed by atoms with Crippen molar-refractivity contribution in [2.45, 2.75) is 6.92 Å². The first-order valence-electron chi connectivity index (χ1n) is 11.3. The van der Waals surface area contributed by atoms with Crippen LogP contribution in [-0.2, 0) is 14.2 Å². The zero-order chi connectivity index (χ0) is 24.0. The van der Waals surface area contributed by atoms with Crippen LogP contribution < -0.4 is 4.90 Å². The number of fused-ring (bicyclic) bond motifs is 1. The number of ether oxygens (including phenoxy) is 3. The van der Waals surface area contributed by atoms with Crippen LogP contribution in [0, 0.1) is 6.92 Å². The van der Waals surface area contributed by atoms with Crippen LogP contribution in [0.1, 0.15) is 5.56 Å². The van der Waals surface area contributed by atoms with Gasteiger partial charge in [-0.05, 0) is 42.8 Å². The monoisotopic (exact) mass is 488 g/mol. The lowest BCUT2D eigenvalue weighted by molar-refractivity contribution is 0.0347. The summed E-state index contributed by atoms with van der Waals surface area (Å²) in [4.78, 5) is 6.73. The van der Waals surface area contributed by atoms with Crippen LogP contribution >= 0.6 is 11.3 Å². The van der Waals surface area contributed by atoms with Gasteiger partial charge in [-0.3, -0.25) is 0 Å². The average Bonchev–Trinajstić information content (AvgIpc) is 3.28. The molecule has 1 aromatic heterocycles. The van der Waals surface area contributed by atoms with E-state index in [2.05, 4.69) is 20.1 Å². The third-order valence-corrected chi connectivity index (χ3v) is 5.83. The molecule has 0 radical (unpaired) electrons. The van der Waals surface area contributed by atoms with E-state index in [1.807, 2.05) is 49.4 Å². The number of aliphatic hydroxyl groups is 2. The Morgan fingerprint density at radius 1 is 0.824 bits per heavy atom. The van der Waals surface area contributed by atoms with Gasteiger partial charge in [0.2, 0.25) is 5.13 Å². The molecule has 0 aliphatic rings. The molecule has 184 valence electrons. The fraction of sp³-hybridized carbons (Fsp3) is 0.458. The maximum atomic E-state index is 8.92. The molecule has 0 atom stereocenters. The molecule has 0 fully saturated rings. The van der Waals surface area contributed by atoms with Crippen molar-refractivity contribution < 1.29 is 24.4 Å². The number of aromatic nitrogens is 1. The Bertz CT molecular complexity index is 1010. The van der Waals surface area contributed by atoms with E-state index in [0.717, 1.165) is 27.2 Å². The summed E-state index contributed by atoms with van der Waals surface area (Å²) < 4.78 is 17.4. The lowest BCUT2D eigenvalue weighted by Crippen LogP contribution is -2.31. The second-order valence-corrected chi connectivity index (χ2v) is 8.41. The maximum absolute atomic E-state index is 8.92. The Morgan fingerprint density at radius 2 is 1.47 bits per heavy atom. The second kappa shape index (κ2) is 14.7. The van der Waals surface area contributed by atoms with Gasteiger partial charge >= 0.3 is 0 Å². The minimum Gasteiger partial charge on any atom is -0.394 e. The molecule has 1 heterocycles. The van der Waals surface area contributed by atoms with Crippen molar-refractivity contribution in [2.24, 2.45) is 10.2 Å². The van der Waals surface area contributed by atoms with Crippen molar-refractivity contribution >= 4 is 38.1 Å². The summed E-state index contributed by atoms with van der Waals surface area (Å²) in [5, 5.41) is 26.9. The number of aryl methyl sites for hydroxylation is 1. The Hall–Kier alpha value is -2.47. The highest BCUT2D eigenvalue weighted by molar-refractivity contribution is 7.21. The number of rotatable bonds is 16. The molecule has 3 rings (SSSR count). The van der Waals surface area contributed by atoms with Crippen LogP contribution in [0.5, 0.6) is 0 Å². The molecule has 0 aliphatic carbocycles. The zero-order valence-corrected chi connectivity index (χ0v) is 20.2. The van der Waals surface area contributed by atoms with E-state index in [1.54, 1.807) is 0 Å². The minimum absolute atomic E-state index is 0.00484. The molecule has 0 bridgehead atoms. The summed E-state index contributed by atoms with van der Waals surface area (Å²) in [5.41, 5.74) is 3.86. The molecular formula is C24H32N4O5S. The van der Waals surface area contributed by atoms with Crippen LogP contribution in [0.3, 0.4) is 0 Å². The van der Waals surface area contributed by atoms with Crippen molar-refractivity contribution in [2.75, 3.05) is 70.8 Å².